The molecule has 3 rings (SSSR count). The topological polar surface area (TPSA) is 26.5 Å². The van der Waals surface area contributed by atoms with Crippen LogP contribution < -0.4 is 9.47 Å². The first-order valence-corrected chi connectivity index (χ1v) is 10.00. The number of piperazine rings is 1. The minimum absolute atomic E-state index is 0.0530. The third kappa shape index (κ3) is 4.66. The molecule has 0 spiro atoms. The van der Waals surface area contributed by atoms with Gasteiger partial charge in [-0.2, -0.15) is 4.57 Å². The Hall–Kier alpha value is -1.98. The number of pyridine rings is 2. The predicted molar refractivity (Wildman–Crippen MR) is 111 cm³/mol. The first kappa shape index (κ1) is 19.8. The Morgan fingerprint density at radius 1 is 1.11 bits per heavy atom. The molecular weight excluding hydrogens is 334 g/mol. The van der Waals surface area contributed by atoms with Crippen molar-refractivity contribution in [3.05, 3.63) is 54.5 Å². The molecule has 0 aromatic carbocycles. The molecule has 0 saturated carbocycles. The Bertz CT molecular complexity index is 720. The maximum absolute atomic E-state index is 4.50. The van der Waals surface area contributed by atoms with Crippen molar-refractivity contribution in [3.63, 3.8) is 0 Å². The third-order valence-corrected chi connectivity index (χ3v) is 5.83. The molecule has 2 aromatic rings. The Labute approximate surface area is 164 Å². The molecule has 0 aliphatic carbocycles. The molecule has 1 aliphatic heterocycles. The molecule has 0 radical (unpaired) electrons. The van der Waals surface area contributed by atoms with E-state index in [1.54, 1.807) is 0 Å². The van der Waals surface area contributed by atoms with Crippen LogP contribution in [0.1, 0.15) is 33.3 Å². The van der Waals surface area contributed by atoms with E-state index in [-0.39, 0.29) is 5.66 Å². The van der Waals surface area contributed by atoms with E-state index in [2.05, 4.69) is 95.7 Å². The standard InChI is InChI=1S/C22H34N5/c1-19(2)24(5)17-20-9-8-12-27(18-20)22(3,4)26-15-13-25(14-16-26)21-10-6-7-11-23-21/h6-12,18-19H,13-17H2,1-5H3/q+1. The van der Waals surface area contributed by atoms with Crippen LogP contribution in [0.5, 0.6) is 0 Å². The van der Waals surface area contributed by atoms with Gasteiger partial charge in [0.05, 0.1) is 0 Å². The third-order valence-electron chi connectivity index (χ3n) is 5.83. The Kier molecular flexibility index (Phi) is 6.12. The van der Waals surface area contributed by atoms with Crippen molar-refractivity contribution in [2.24, 2.45) is 0 Å². The fourth-order valence-electron chi connectivity index (χ4n) is 3.62. The maximum Gasteiger partial charge on any atom is 0.218 e. The zero-order valence-corrected chi connectivity index (χ0v) is 17.5. The SMILES string of the molecule is CC(C)N(C)Cc1ccc[n+](C(C)(C)N2CCN(c3ccccn3)CC2)c1. The van der Waals surface area contributed by atoms with Crippen LogP contribution in [-0.4, -0.2) is 54.1 Å². The molecule has 0 atom stereocenters. The van der Waals surface area contributed by atoms with Gasteiger partial charge in [-0.1, -0.05) is 6.07 Å². The molecule has 2 aromatic heterocycles. The first-order valence-electron chi connectivity index (χ1n) is 10.00. The molecule has 0 amide bonds. The van der Waals surface area contributed by atoms with Crippen LogP contribution in [-0.2, 0) is 12.2 Å². The highest BCUT2D eigenvalue weighted by Crippen LogP contribution is 2.20. The van der Waals surface area contributed by atoms with Crippen LogP contribution in [0.15, 0.2) is 48.9 Å². The summed E-state index contributed by atoms with van der Waals surface area (Å²) in [6.07, 6.45) is 6.38. The van der Waals surface area contributed by atoms with Gasteiger partial charge >= 0.3 is 0 Å². The van der Waals surface area contributed by atoms with E-state index in [1.165, 1.54) is 5.56 Å². The van der Waals surface area contributed by atoms with E-state index < -0.39 is 0 Å². The summed E-state index contributed by atoms with van der Waals surface area (Å²) in [7, 11) is 2.18. The molecule has 146 valence electrons. The van der Waals surface area contributed by atoms with E-state index in [4.69, 9.17) is 0 Å². The summed E-state index contributed by atoms with van der Waals surface area (Å²) in [4.78, 5) is 11.8. The van der Waals surface area contributed by atoms with Gasteiger partial charge in [-0.25, -0.2) is 9.88 Å². The molecule has 5 nitrogen and oxygen atoms in total. The summed E-state index contributed by atoms with van der Waals surface area (Å²) in [6, 6.07) is 11.1. The van der Waals surface area contributed by atoms with Gasteiger partial charge in [0.15, 0.2) is 12.4 Å². The predicted octanol–water partition coefficient (Wildman–Crippen LogP) is 2.72. The Morgan fingerprint density at radius 3 is 2.48 bits per heavy atom. The lowest BCUT2D eigenvalue weighted by Gasteiger charge is -2.40. The smallest absolute Gasteiger partial charge is 0.218 e. The second-order valence-electron chi connectivity index (χ2n) is 8.28. The molecule has 0 N–H and O–H groups in total. The summed E-state index contributed by atoms with van der Waals surface area (Å²) in [5.74, 6) is 1.08. The lowest BCUT2D eigenvalue weighted by Crippen LogP contribution is -2.66. The second-order valence-corrected chi connectivity index (χ2v) is 8.28. The molecule has 5 heteroatoms. The number of hydrogen-bond donors (Lipinski definition) is 0. The highest BCUT2D eigenvalue weighted by molar-refractivity contribution is 5.38. The van der Waals surface area contributed by atoms with Crippen molar-refractivity contribution in [3.8, 4) is 0 Å². The van der Waals surface area contributed by atoms with Crippen LogP contribution in [0, 0.1) is 0 Å². The zero-order chi connectivity index (χ0) is 19.4. The van der Waals surface area contributed by atoms with Crippen LogP contribution in [0.3, 0.4) is 0 Å². The molecule has 0 bridgehead atoms. The second kappa shape index (κ2) is 8.36. The maximum atomic E-state index is 4.50. The molecule has 1 saturated heterocycles. The van der Waals surface area contributed by atoms with Gasteiger partial charge in [0, 0.05) is 70.4 Å². The summed E-state index contributed by atoms with van der Waals surface area (Å²) in [6.45, 7) is 14.2. The fourth-order valence-corrected chi connectivity index (χ4v) is 3.62. The van der Waals surface area contributed by atoms with Crippen molar-refractivity contribution in [2.45, 2.75) is 45.9 Å². The first-order chi connectivity index (χ1) is 12.9. The minimum Gasteiger partial charge on any atom is -0.354 e. The highest BCUT2D eigenvalue weighted by Gasteiger charge is 2.37. The van der Waals surface area contributed by atoms with E-state index in [0.29, 0.717) is 6.04 Å². The van der Waals surface area contributed by atoms with Crippen LogP contribution in [0.4, 0.5) is 5.82 Å². The molecule has 1 fully saturated rings. The van der Waals surface area contributed by atoms with Gasteiger partial charge in [-0.15, -0.1) is 0 Å². The minimum atomic E-state index is -0.0530. The highest BCUT2D eigenvalue weighted by atomic mass is 15.4. The van der Waals surface area contributed by atoms with Gasteiger partial charge < -0.3 is 4.90 Å². The summed E-state index contributed by atoms with van der Waals surface area (Å²) in [5, 5.41) is 0. The van der Waals surface area contributed by atoms with Crippen molar-refractivity contribution in [1.29, 1.82) is 0 Å². The molecular formula is C22H34N5+. The normalized spacial score (nSPS) is 16.3. The lowest BCUT2D eigenvalue weighted by atomic mass is 10.1. The molecule has 27 heavy (non-hydrogen) atoms. The van der Waals surface area contributed by atoms with Crippen molar-refractivity contribution in [2.75, 3.05) is 38.1 Å². The van der Waals surface area contributed by atoms with Crippen LogP contribution in [0.2, 0.25) is 0 Å². The molecule has 1 aliphatic rings. The zero-order valence-electron chi connectivity index (χ0n) is 17.5. The van der Waals surface area contributed by atoms with E-state index in [1.807, 2.05) is 12.3 Å². The van der Waals surface area contributed by atoms with Gasteiger partial charge in [-0.3, -0.25) is 4.90 Å². The monoisotopic (exact) mass is 368 g/mol. The average molecular weight is 369 g/mol. The van der Waals surface area contributed by atoms with Crippen molar-refractivity contribution >= 4 is 5.82 Å². The van der Waals surface area contributed by atoms with Crippen LogP contribution in [0.25, 0.3) is 0 Å². The van der Waals surface area contributed by atoms with Gasteiger partial charge in [-0.05, 0) is 39.1 Å². The fraction of sp³-hybridized carbons (Fsp3) is 0.545. The number of rotatable bonds is 6. The number of hydrogen-bond acceptors (Lipinski definition) is 4. The van der Waals surface area contributed by atoms with Gasteiger partial charge in [0.2, 0.25) is 5.66 Å². The van der Waals surface area contributed by atoms with Crippen molar-refractivity contribution < 1.29 is 4.57 Å². The largest absolute Gasteiger partial charge is 0.354 e. The Morgan fingerprint density at radius 2 is 1.85 bits per heavy atom. The number of anilines is 1. The quantitative estimate of drug-likeness (QED) is 0.733. The van der Waals surface area contributed by atoms with Gasteiger partial charge in [0.1, 0.15) is 5.82 Å². The summed E-state index contributed by atoms with van der Waals surface area (Å²) < 4.78 is 2.37. The van der Waals surface area contributed by atoms with E-state index in [9.17, 15) is 0 Å². The molecule has 3 heterocycles. The molecule has 0 unspecified atom stereocenters. The number of nitrogens with zero attached hydrogens (tertiary/aromatic N) is 5. The Balaban J connectivity index is 1.68. The van der Waals surface area contributed by atoms with Crippen LogP contribution >= 0.6 is 0 Å². The van der Waals surface area contributed by atoms with Crippen molar-refractivity contribution in [1.82, 2.24) is 14.8 Å². The van der Waals surface area contributed by atoms with Gasteiger partial charge in [0.25, 0.3) is 0 Å². The summed E-state index contributed by atoms with van der Waals surface area (Å²) in [5.41, 5.74) is 1.30. The van der Waals surface area contributed by atoms with E-state index >= 15 is 0 Å². The average Bonchev–Trinajstić information content (AvgIpc) is 2.69. The lowest BCUT2D eigenvalue weighted by molar-refractivity contribution is -0.781. The number of aromatic nitrogens is 2. The summed E-state index contributed by atoms with van der Waals surface area (Å²) >= 11 is 0. The van der Waals surface area contributed by atoms with E-state index in [0.717, 1.165) is 38.5 Å².